The van der Waals surface area contributed by atoms with Gasteiger partial charge in [0.2, 0.25) is 0 Å². The van der Waals surface area contributed by atoms with Crippen molar-refractivity contribution >= 4 is 33.5 Å². The zero-order valence-electron chi connectivity index (χ0n) is 10.9. The van der Waals surface area contributed by atoms with Crippen LogP contribution in [0.3, 0.4) is 0 Å². The van der Waals surface area contributed by atoms with E-state index in [4.69, 9.17) is 0 Å². The zero-order valence-corrected chi connectivity index (χ0v) is 13.1. The number of hydrogen-bond acceptors (Lipinski definition) is 2. The van der Waals surface area contributed by atoms with Crippen LogP contribution in [0.15, 0.2) is 47.3 Å². The molecule has 2 aromatic carbocycles. The van der Waals surface area contributed by atoms with Crippen LogP contribution in [0.25, 0.3) is 22.3 Å². The lowest BCUT2D eigenvalue weighted by Gasteiger charge is -2.12. The Balaban J connectivity index is 2.27. The fourth-order valence-electron chi connectivity index (χ4n) is 2.15. The van der Waals surface area contributed by atoms with Gasteiger partial charge in [-0.25, -0.2) is 4.98 Å². The molecule has 0 unspecified atom stereocenters. The number of aromatic nitrogens is 2. The predicted octanol–water partition coefficient (Wildman–Crippen LogP) is 4.21. The fourth-order valence-corrected chi connectivity index (χ4v) is 3.07. The summed E-state index contributed by atoms with van der Waals surface area (Å²) >= 11 is 1.62. The smallest absolute Gasteiger partial charge is 0.306 e. The quantitative estimate of drug-likeness (QED) is 0.605. The van der Waals surface area contributed by atoms with Crippen LogP contribution < -0.4 is 5.56 Å². The van der Waals surface area contributed by atoms with Crippen LogP contribution in [0, 0.1) is 3.57 Å². The third-order valence-electron chi connectivity index (χ3n) is 3.17. The molecule has 0 aliphatic heterocycles. The van der Waals surface area contributed by atoms with Gasteiger partial charge >= 0.3 is 6.18 Å². The van der Waals surface area contributed by atoms with E-state index in [1.165, 1.54) is 12.1 Å². The largest absolute Gasteiger partial charge is 0.417 e. The van der Waals surface area contributed by atoms with Crippen molar-refractivity contribution < 1.29 is 13.2 Å². The summed E-state index contributed by atoms with van der Waals surface area (Å²) in [5, 5.41) is 0.397. The maximum absolute atomic E-state index is 13.0. The number of hydrogen-bond donors (Lipinski definition) is 1. The summed E-state index contributed by atoms with van der Waals surface area (Å²) in [7, 11) is 0. The first kappa shape index (κ1) is 15.0. The number of H-pyrrole nitrogens is 1. The highest BCUT2D eigenvalue weighted by Crippen LogP contribution is 2.36. The van der Waals surface area contributed by atoms with Crippen LogP contribution in [0.5, 0.6) is 0 Å². The number of halogens is 4. The van der Waals surface area contributed by atoms with E-state index in [2.05, 4.69) is 9.97 Å². The molecule has 1 heterocycles. The van der Waals surface area contributed by atoms with E-state index in [0.29, 0.717) is 10.9 Å². The van der Waals surface area contributed by atoms with E-state index in [1.807, 2.05) is 0 Å². The minimum Gasteiger partial charge on any atom is -0.306 e. The van der Waals surface area contributed by atoms with E-state index < -0.39 is 11.7 Å². The van der Waals surface area contributed by atoms with Crippen molar-refractivity contribution in [3.05, 3.63) is 62.0 Å². The molecule has 22 heavy (non-hydrogen) atoms. The van der Waals surface area contributed by atoms with Crippen LogP contribution in [0.4, 0.5) is 13.2 Å². The Morgan fingerprint density at radius 3 is 2.50 bits per heavy atom. The Labute approximate surface area is 136 Å². The average molecular weight is 416 g/mol. The maximum atomic E-state index is 13.0. The van der Waals surface area contributed by atoms with Crippen LogP contribution in [0.1, 0.15) is 5.56 Å². The Kier molecular flexibility index (Phi) is 3.67. The SMILES string of the molecule is O=c1[nH]c(-c2cccc(C(F)(F)F)c2I)nc2ccccc12. The Bertz CT molecular complexity index is 919. The van der Waals surface area contributed by atoms with Gasteiger partial charge in [-0.15, -0.1) is 0 Å². The second-order valence-corrected chi connectivity index (χ2v) is 5.68. The predicted molar refractivity (Wildman–Crippen MR) is 85.5 cm³/mol. The fraction of sp³-hybridized carbons (Fsp3) is 0.0667. The number of nitrogens with one attached hydrogen (secondary N) is 1. The summed E-state index contributed by atoms with van der Waals surface area (Å²) in [6.07, 6.45) is -4.45. The lowest BCUT2D eigenvalue weighted by molar-refractivity contribution is -0.138. The van der Waals surface area contributed by atoms with Crippen molar-refractivity contribution in [3.63, 3.8) is 0 Å². The molecule has 0 radical (unpaired) electrons. The molecule has 112 valence electrons. The molecule has 0 atom stereocenters. The van der Waals surface area contributed by atoms with Crippen molar-refractivity contribution in [1.29, 1.82) is 0 Å². The molecule has 3 aromatic rings. The molecule has 0 spiro atoms. The van der Waals surface area contributed by atoms with E-state index in [-0.39, 0.29) is 20.5 Å². The second-order valence-electron chi connectivity index (χ2n) is 4.60. The van der Waals surface area contributed by atoms with Gasteiger partial charge in [-0.3, -0.25) is 4.79 Å². The molecule has 3 rings (SSSR count). The first-order valence-electron chi connectivity index (χ1n) is 6.23. The summed E-state index contributed by atoms with van der Waals surface area (Å²) in [4.78, 5) is 18.9. The highest BCUT2D eigenvalue weighted by Gasteiger charge is 2.33. The van der Waals surface area contributed by atoms with Gasteiger partial charge in [-0.2, -0.15) is 13.2 Å². The Morgan fingerprint density at radius 1 is 1.05 bits per heavy atom. The molecule has 7 heteroatoms. The number of rotatable bonds is 1. The lowest BCUT2D eigenvalue weighted by Crippen LogP contribution is -2.12. The van der Waals surface area contributed by atoms with E-state index in [0.717, 1.165) is 6.07 Å². The van der Waals surface area contributed by atoms with Gasteiger partial charge in [-0.05, 0) is 40.8 Å². The molecule has 0 aliphatic carbocycles. The number of para-hydroxylation sites is 1. The molecule has 3 nitrogen and oxygen atoms in total. The van der Waals surface area contributed by atoms with Crippen LogP contribution in [0.2, 0.25) is 0 Å². The molecular weight excluding hydrogens is 408 g/mol. The number of benzene rings is 2. The molecular formula is C15H8F3IN2O. The first-order valence-corrected chi connectivity index (χ1v) is 7.31. The number of nitrogens with zero attached hydrogens (tertiary/aromatic N) is 1. The topological polar surface area (TPSA) is 45.8 Å². The van der Waals surface area contributed by atoms with Crippen LogP contribution >= 0.6 is 22.6 Å². The zero-order chi connectivity index (χ0) is 15.9. The van der Waals surface area contributed by atoms with Crippen molar-refractivity contribution in [2.45, 2.75) is 6.18 Å². The van der Waals surface area contributed by atoms with Crippen LogP contribution in [-0.2, 0) is 6.18 Å². The molecule has 0 aliphatic rings. The monoisotopic (exact) mass is 416 g/mol. The third-order valence-corrected chi connectivity index (χ3v) is 4.33. The highest BCUT2D eigenvalue weighted by atomic mass is 127. The standard InChI is InChI=1S/C15H8F3IN2O/c16-15(17,18)10-6-3-5-9(12(10)19)13-20-11-7-2-1-4-8(11)14(22)21-13/h1-7H,(H,20,21,22). The first-order chi connectivity index (χ1) is 10.4. The van der Waals surface area contributed by atoms with Gasteiger partial charge in [0.1, 0.15) is 5.82 Å². The summed E-state index contributed by atoms with van der Waals surface area (Å²) < 4.78 is 38.9. The van der Waals surface area contributed by atoms with Crippen molar-refractivity contribution in [2.24, 2.45) is 0 Å². The number of alkyl halides is 3. The third kappa shape index (κ3) is 2.60. The molecule has 0 saturated carbocycles. The van der Waals surface area contributed by atoms with Crippen molar-refractivity contribution in [2.75, 3.05) is 0 Å². The molecule has 1 aromatic heterocycles. The van der Waals surface area contributed by atoms with Gasteiger partial charge in [-0.1, -0.05) is 24.3 Å². The summed E-state index contributed by atoms with van der Waals surface area (Å²) in [6.45, 7) is 0. The van der Waals surface area contributed by atoms with Gasteiger partial charge in [0, 0.05) is 9.13 Å². The minimum absolute atomic E-state index is 0.00558. The molecule has 0 saturated heterocycles. The van der Waals surface area contributed by atoms with Crippen LogP contribution in [-0.4, -0.2) is 9.97 Å². The Hall–Kier alpha value is -1.90. The van der Waals surface area contributed by atoms with Crippen molar-refractivity contribution in [1.82, 2.24) is 9.97 Å². The Morgan fingerprint density at radius 2 is 1.77 bits per heavy atom. The van der Waals surface area contributed by atoms with Gasteiger partial charge in [0.25, 0.3) is 5.56 Å². The summed E-state index contributed by atoms with van der Waals surface area (Å²) in [5.74, 6) is 0.124. The highest BCUT2D eigenvalue weighted by molar-refractivity contribution is 14.1. The summed E-state index contributed by atoms with van der Waals surface area (Å²) in [5.41, 5.74) is -0.442. The maximum Gasteiger partial charge on any atom is 0.417 e. The van der Waals surface area contributed by atoms with Gasteiger partial charge < -0.3 is 4.98 Å². The summed E-state index contributed by atoms with van der Waals surface area (Å²) in [6, 6.07) is 10.5. The molecule has 0 bridgehead atoms. The lowest BCUT2D eigenvalue weighted by atomic mass is 10.1. The molecule has 0 amide bonds. The van der Waals surface area contributed by atoms with Crippen molar-refractivity contribution in [3.8, 4) is 11.4 Å². The van der Waals surface area contributed by atoms with Gasteiger partial charge in [0.05, 0.1) is 16.5 Å². The molecule has 0 fully saturated rings. The van der Waals surface area contributed by atoms with E-state index in [1.54, 1.807) is 46.9 Å². The van der Waals surface area contributed by atoms with Gasteiger partial charge in [0.15, 0.2) is 0 Å². The second kappa shape index (κ2) is 5.38. The number of fused-ring (bicyclic) bond motifs is 1. The van der Waals surface area contributed by atoms with E-state index >= 15 is 0 Å². The normalized spacial score (nSPS) is 11.8. The minimum atomic E-state index is -4.45. The molecule has 1 N–H and O–H groups in total. The number of aromatic amines is 1. The average Bonchev–Trinajstić information content (AvgIpc) is 2.46. The van der Waals surface area contributed by atoms with E-state index in [9.17, 15) is 18.0 Å².